The summed E-state index contributed by atoms with van der Waals surface area (Å²) in [5.74, 6) is 0.627. The molecule has 7 nitrogen and oxygen atoms in total. The highest BCUT2D eigenvalue weighted by molar-refractivity contribution is 5.94. The maximum atomic E-state index is 12.8. The van der Waals surface area contributed by atoms with Crippen molar-refractivity contribution >= 4 is 17.8 Å². The summed E-state index contributed by atoms with van der Waals surface area (Å²) < 4.78 is 10.4. The Bertz CT molecular complexity index is 935. The second-order valence-corrected chi connectivity index (χ2v) is 7.57. The van der Waals surface area contributed by atoms with Gasteiger partial charge in [0, 0.05) is 38.0 Å². The molecule has 1 aliphatic heterocycles. The molecule has 31 heavy (non-hydrogen) atoms. The molecule has 0 radical (unpaired) electrons. The van der Waals surface area contributed by atoms with E-state index >= 15 is 0 Å². The molecule has 2 amide bonds. The van der Waals surface area contributed by atoms with Gasteiger partial charge in [0.05, 0.1) is 7.11 Å². The Hall–Kier alpha value is -3.35. The van der Waals surface area contributed by atoms with Gasteiger partial charge in [-0.3, -0.25) is 14.4 Å². The molecule has 164 valence electrons. The fraction of sp³-hybridized carbons (Fsp3) is 0.375. The lowest BCUT2D eigenvalue weighted by Gasteiger charge is -2.32. The lowest BCUT2D eigenvalue weighted by molar-refractivity contribution is -0.131. The van der Waals surface area contributed by atoms with Crippen LogP contribution in [-0.2, 0) is 16.0 Å². The van der Waals surface area contributed by atoms with Gasteiger partial charge in [0.2, 0.25) is 5.91 Å². The molecule has 1 aliphatic rings. The van der Waals surface area contributed by atoms with Crippen LogP contribution in [0.3, 0.4) is 0 Å². The number of hydrogen-bond acceptors (Lipinski definition) is 5. The molecule has 7 heteroatoms. The zero-order valence-corrected chi connectivity index (χ0v) is 17.9. The first-order chi connectivity index (χ1) is 15.0. The van der Waals surface area contributed by atoms with Crippen LogP contribution in [0.15, 0.2) is 48.5 Å². The molecule has 0 saturated carbocycles. The number of likely N-dealkylation sites (tertiary alicyclic amines) is 1. The van der Waals surface area contributed by atoms with E-state index in [1.165, 1.54) is 6.92 Å². The van der Waals surface area contributed by atoms with E-state index in [0.717, 1.165) is 11.3 Å². The minimum Gasteiger partial charge on any atom is -0.496 e. The van der Waals surface area contributed by atoms with Gasteiger partial charge in [-0.15, -0.1) is 0 Å². The fourth-order valence-electron chi connectivity index (χ4n) is 3.73. The van der Waals surface area contributed by atoms with Gasteiger partial charge in [0.15, 0.2) is 0 Å². The molecule has 2 aromatic rings. The Morgan fingerprint density at radius 1 is 1.06 bits per heavy atom. The third kappa shape index (κ3) is 6.31. The van der Waals surface area contributed by atoms with Gasteiger partial charge in [-0.1, -0.05) is 24.3 Å². The first kappa shape index (κ1) is 22.3. The zero-order chi connectivity index (χ0) is 22.2. The Balaban J connectivity index is 1.46. The first-order valence-corrected chi connectivity index (χ1v) is 10.5. The van der Waals surface area contributed by atoms with Gasteiger partial charge in [0.25, 0.3) is 5.91 Å². The van der Waals surface area contributed by atoms with Gasteiger partial charge in [0.1, 0.15) is 11.5 Å². The molecule has 0 unspecified atom stereocenters. The summed E-state index contributed by atoms with van der Waals surface area (Å²) in [5.41, 5.74) is 1.49. The van der Waals surface area contributed by atoms with Crippen molar-refractivity contribution in [3.05, 3.63) is 59.7 Å². The van der Waals surface area contributed by atoms with Crippen molar-refractivity contribution in [1.29, 1.82) is 0 Å². The third-order valence-corrected chi connectivity index (χ3v) is 5.30. The Labute approximate surface area is 182 Å². The molecule has 0 aliphatic carbocycles. The average molecular weight is 424 g/mol. The highest BCUT2D eigenvalue weighted by Crippen LogP contribution is 2.20. The lowest BCUT2D eigenvalue weighted by atomic mass is 10.0. The number of esters is 1. The topological polar surface area (TPSA) is 84.9 Å². The lowest BCUT2D eigenvalue weighted by Crippen LogP contribution is -2.46. The first-order valence-electron chi connectivity index (χ1n) is 10.5. The highest BCUT2D eigenvalue weighted by Gasteiger charge is 2.25. The second kappa shape index (κ2) is 10.6. The minimum absolute atomic E-state index is 0.00441. The van der Waals surface area contributed by atoms with Crippen molar-refractivity contribution in [1.82, 2.24) is 10.2 Å². The van der Waals surface area contributed by atoms with E-state index in [2.05, 4.69) is 5.32 Å². The fourth-order valence-corrected chi connectivity index (χ4v) is 3.73. The molecule has 1 N–H and O–H groups in total. The summed E-state index contributed by atoms with van der Waals surface area (Å²) in [4.78, 5) is 38.0. The molecular weight excluding hydrogens is 396 g/mol. The maximum absolute atomic E-state index is 12.8. The number of ether oxygens (including phenoxy) is 2. The summed E-state index contributed by atoms with van der Waals surface area (Å²) in [6.07, 6.45) is 2.42. The predicted molar refractivity (Wildman–Crippen MR) is 116 cm³/mol. The van der Waals surface area contributed by atoms with Crippen molar-refractivity contribution in [3.8, 4) is 11.5 Å². The van der Waals surface area contributed by atoms with Crippen molar-refractivity contribution in [2.24, 2.45) is 0 Å². The summed E-state index contributed by atoms with van der Waals surface area (Å²) in [6, 6.07) is 14.4. The number of rotatable bonds is 7. The average Bonchev–Trinajstić information content (AvgIpc) is 2.77. The van der Waals surface area contributed by atoms with Crippen LogP contribution in [0.2, 0.25) is 0 Å². The second-order valence-electron chi connectivity index (χ2n) is 7.57. The molecular formula is C24H28N2O5. The molecule has 1 saturated heterocycles. The van der Waals surface area contributed by atoms with Gasteiger partial charge < -0.3 is 19.7 Å². The predicted octanol–water partition coefficient (Wildman–Crippen LogP) is 2.97. The van der Waals surface area contributed by atoms with E-state index in [9.17, 15) is 14.4 Å². The van der Waals surface area contributed by atoms with Crippen LogP contribution in [0.25, 0.3) is 0 Å². The number of piperidine rings is 1. The van der Waals surface area contributed by atoms with Crippen molar-refractivity contribution in [3.63, 3.8) is 0 Å². The number of carbonyl (C=O) groups excluding carboxylic acids is 3. The summed E-state index contributed by atoms with van der Waals surface area (Å²) in [5, 5.41) is 3.08. The number of methoxy groups -OCH3 is 1. The number of nitrogens with zero attached hydrogens (tertiary/aromatic N) is 1. The van der Waals surface area contributed by atoms with Gasteiger partial charge in [-0.2, -0.15) is 0 Å². The molecule has 0 bridgehead atoms. The van der Waals surface area contributed by atoms with Crippen LogP contribution in [-0.4, -0.2) is 48.9 Å². The zero-order valence-electron chi connectivity index (χ0n) is 17.9. The summed E-state index contributed by atoms with van der Waals surface area (Å²) in [7, 11) is 1.63. The van der Waals surface area contributed by atoms with E-state index in [1.807, 2.05) is 24.3 Å². The third-order valence-electron chi connectivity index (χ3n) is 5.30. The molecule has 0 aromatic heterocycles. The van der Waals surface area contributed by atoms with Crippen LogP contribution in [0, 0.1) is 0 Å². The molecule has 2 aromatic carbocycles. The summed E-state index contributed by atoms with van der Waals surface area (Å²) in [6.45, 7) is 2.45. The van der Waals surface area contributed by atoms with E-state index < -0.39 is 5.97 Å². The van der Waals surface area contributed by atoms with E-state index in [0.29, 0.717) is 50.1 Å². The Kier molecular flexibility index (Phi) is 7.65. The van der Waals surface area contributed by atoms with Crippen LogP contribution in [0.5, 0.6) is 11.5 Å². The number of carbonyl (C=O) groups is 3. The Morgan fingerprint density at radius 2 is 1.81 bits per heavy atom. The number of para-hydroxylation sites is 1. The SMILES string of the molecule is COc1ccccc1CCC(=O)NC1CCN(C(=O)c2cccc(OC(C)=O)c2)CC1. The monoisotopic (exact) mass is 424 g/mol. The minimum atomic E-state index is -0.424. The van der Waals surface area contributed by atoms with E-state index in [-0.39, 0.29) is 17.9 Å². The van der Waals surface area contributed by atoms with Crippen molar-refractivity contribution < 1.29 is 23.9 Å². The van der Waals surface area contributed by atoms with Crippen LogP contribution < -0.4 is 14.8 Å². The van der Waals surface area contributed by atoms with Gasteiger partial charge in [-0.05, 0) is 49.1 Å². The van der Waals surface area contributed by atoms with E-state index in [4.69, 9.17) is 9.47 Å². The van der Waals surface area contributed by atoms with Crippen LogP contribution >= 0.6 is 0 Å². The number of hydrogen-bond donors (Lipinski definition) is 1. The van der Waals surface area contributed by atoms with Crippen molar-refractivity contribution in [2.45, 2.75) is 38.6 Å². The molecule has 1 fully saturated rings. The molecule has 0 spiro atoms. The van der Waals surface area contributed by atoms with Gasteiger partial charge in [-0.25, -0.2) is 0 Å². The van der Waals surface area contributed by atoms with Crippen molar-refractivity contribution in [2.75, 3.05) is 20.2 Å². The maximum Gasteiger partial charge on any atom is 0.308 e. The van der Waals surface area contributed by atoms with Crippen LogP contribution in [0.1, 0.15) is 42.1 Å². The molecule has 0 atom stereocenters. The standard InChI is InChI=1S/C24H28N2O5/c1-17(27)31-21-8-5-7-19(16-21)24(29)26-14-12-20(13-15-26)25-23(28)11-10-18-6-3-4-9-22(18)30-2/h3-9,16,20H,10-15H2,1-2H3,(H,25,28). The van der Waals surface area contributed by atoms with E-state index in [1.54, 1.807) is 36.3 Å². The normalized spacial score (nSPS) is 14.1. The molecule has 3 rings (SSSR count). The smallest absolute Gasteiger partial charge is 0.308 e. The van der Waals surface area contributed by atoms with Gasteiger partial charge >= 0.3 is 5.97 Å². The number of aryl methyl sites for hydroxylation is 1. The number of amides is 2. The summed E-state index contributed by atoms with van der Waals surface area (Å²) >= 11 is 0. The molecule has 1 heterocycles. The van der Waals surface area contributed by atoms with Crippen LogP contribution in [0.4, 0.5) is 0 Å². The largest absolute Gasteiger partial charge is 0.496 e. The highest BCUT2D eigenvalue weighted by atomic mass is 16.5. The Morgan fingerprint density at radius 3 is 2.52 bits per heavy atom. The number of nitrogens with one attached hydrogen (secondary N) is 1. The quantitative estimate of drug-likeness (QED) is 0.546. The number of benzene rings is 2.